The van der Waals surface area contributed by atoms with E-state index in [0.717, 1.165) is 12.1 Å². The molecule has 2 atom stereocenters. The van der Waals surface area contributed by atoms with Crippen molar-refractivity contribution in [1.82, 2.24) is 10.1 Å². The average molecular weight is 315 g/mol. The highest BCUT2D eigenvalue weighted by molar-refractivity contribution is 5.94. The minimum Gasteiger partial charge on any atom is -0.376 e. The van der Waals surface area contributed by atoms with Gasteiger partial charge >= 0.3 is 0 Å². The first kappa shape index (κ1) is 15.7. The number of hydrogen-bond acceptors (Lipinski definition) is 5. The second-order valence-corrected chi connectivity index (χ2v) is 5.80. The first-order valence-electron chi connectivity index (χ1n) is 7.78. The largest absolute Gasteiger partial charge is 0.376 e. The molecule has 1 saturated heterocycles. The second kappa shape index (κ2) is 6.93. The topological polar surface area (TPSA) is 67.6 Å². The van der Waals surface area contributed by atoms with Gasteiger partial charge in [0, 0.05) is 19.2 Å². The molecule has 1 aromatic heterocycles. The van der Waals surface area contributed by atoms with Crippen molar-refractivity contribution in [3.8, 4) is 0 Å². The molecule has 23 heavy (non-hydrogen) atoms. The maximum absolute atomic E-state index is 12.9. The van der Waals surface area contributed by atoms with E-state index in [1.807, 2.05) is 37.3 Å². The van der Waals surface area contributed by atoms with Crippen molar-refractivity contribution in [2.75, 3.05) is 25.0 Å². The van der Waals surface area contributed by atoms with E-state index in [0.29, 0.717) is 24.7 Å². The molecule has 1 aliphatic rings. The molecule has 1 fully saturated rings. The lowest BCUT2D eigenvalue weighted by Crippen LogP contribution is -2.46. The molecule has 2 heterocycles. The summed E-state index contributed by atoms with van der Waals surface area (Å²) in [5.74, 6) is 0.991. The summed E-state index contributed by atoms with van der Waals surface area (Å²) in [5.41, 5.74) is 0.958. The molecule has 3 rings (SSSR count). The Labute approximate surface area is 135 Å². The zero-order chi connectivity index (χ0) is 16.2. The molecule has 122 valence electrons. The summed E-state index contributed by atoms with van der Waals surface area (Å²) in [4.78, 5) is 15.0. The SMILES string of the molecule is Cc1cc(NC(=O)[C@@H](c2ccccc2)N2CCO[C@@H](C)C2)no1. The Bertz CT molecular complexity index is 656. The van der Waals surface area contributed by atoms with Crippen LogP contribution in [-0.4, -0.2) is 41.8 Å². The van der Waals surface area contributed by atoms with Crippen LogP contribution in [0.5, 0.6) is 0 Å². The number of rotatable bonds is 4. The number of aromatic nitrogens is 1. The van der Waals surface area contributed by atoms with Crippen LogP contribution in [0, 0.1) is 6.92 Å². The Kier molecular flexibility index (Phi) is 4.73. The van der Waals surface area contributed by atoms with Gasteiger partial charge in [-0.1, -0.05) is 35.5 Å². The fraction of sp³-hybridized carbons (Fsp3) is 0.412. The van der Waals surface area contributed by atoms with Crippen LogP contribution in [0.15, 0.2) is 40.9 Å². The van der Waals surface area contributed by atoms with Gasteiger partial charge in [-0.2, -0.15) is 0 Å². The number of carbonyl (C=O) groups is 1. The number of benzene rings is 1. The average Bonchev–Trinajstić information content (AvgIpc) is 2.94. The van der Waals surface area contributed by atoms with Gasteiger partial charge in [0.1, 0.15) is 11.8 Å². The fourth-order valence-electron chi connectivity index (χ4n) is 2.86. The minimum absolute atomic E-state index is 0.108. The molecule has 6 nitrogen and oxygen atoms in total. The third-order valence-corrected chi connectivity index (χ3v) is 3.88. The van der Waals surface area contributed by atoms with Gasteiger partial charge in [-0.15, -0.1) is 0 Å². The Morgan fingerprint density at radius 1 is 1.39 bits per heavy atom. The van der Waals surface area contributed by atoms with Crippen LogP contribution in [0.25, 0.3) is 0 Å². The lowest BCUT2D eigenvalue weighted by atomic mass is 10.0. The number of carbonyl (C=O) groups excluding carboxylic acids is 1. The number of ether oxygens (including phenoxy) is 1. The van der Waals surface area contributed by atoms with E-state index in [4.69, 9.17) is 9.26 Å². The van der Waals surface area contributed by atoms with Gasteiger partial charge in [-0.05, 0) is 19.4 Å². The molecule has 0 spiro atoms. The Hall–Kier alpha value is -2.18. The van der Waals surface area contributed by atoms with Gasteiger partial charge in [0.2, 0.25) is 5.91 Å². The molecule has 1 N–H and O–H groups in total. The standard InChI is InChI=1S/C17H21N3O3/c1-12-10-15(19-23-12)18-17(21)16(14-6-4-3-5-7-14)20-8-9-22-13(2)11-20/h3-7,10,13,16H,8-9,11H2,1-2H3,(H,18,19,21)/t13-,16+/m0/s1. The highest BCUT2D eigenvalue weighted by Gasteiger charge is 2.31. The van der Waals surface area contributed by atoms with Crippen molar-refractivity contribution in [3.05, 3.63) is 47.7 Å². The van der Waals surface area contributed by atoms with E-state index in [-0.39, 0.29) is 18.1 Å². The van der Waals surface area contributed by atoms with Crippen molar-refractivity contribution in [3.63, 3.8) is 0 Å². The molecular weight excluding hydrogens is 294 g/mol. The second-order valence-electron chi connectivity index (χ2n) is 5.80. The quantitative estimate of drug-likeness (QED) is 0.938. The molecule has 0 aliphatic carbocycles. The van der Waals surface area contributed by atoms with Gasteiger partial charge in [0.15, 0.2) is 5.82 Å². The van der Waals surface area contributed by atoms with E-state index in [2.05, 4.69) is 15.4 Å². The summed E-state index contributed by atoms with van der Waals surface area (Å²) in [6, 6.07) is 11.1. The van der Waals surface area contributed by atoms with Crippen LogP contribution < -0.4 is 5.32 Å². The minimum atomic E-state index is -0.375. The Morgan fingerprint density at radius 2 is 2.17 bits per heavy atom. The third-order valence-electron chi connectivity index (χ3n) is 3.88. The number of aryl methyl sites for hydroxylation is 1. The molecule has 1 aliphatic heterocycles. The molecule has 0 radical (unpaired) electrons. The highest BCUT2D eigenvalue weighted by atomic mass is 16.5. The predicted octanol–water partition coefficient (Wildman–Crippen LogP) is 2.38. The van der Waals surface area contributed by atoms with Crippen LogP contribution in [0.4, 0.5) is 5.82 Å². The van der Waals surface area contributed by atoms with Crippen LogP contribution in [0.1, 0.15) is 24.3 Å². The molecule has 1 aromatic carbocycles. The molecular formula is C17H21N3O3. The predicted molar refractivity (Wildman–Crippen MR) is 86.0 cm³/mol. The Morgan fingerprint density at radius 3 is 2.83 bits per heavy atom. The molecule has 0 bridgehead atoms. The van der Waals surface area contributed by atoms with Crippen LogP contribution in [-0.2, 0) is 9.53 Å². The van der Waals surface area contributed by atoms with E-state index in [9.17, 15) is 4.79 Å². The number of anilines is 1. The summed E-state index contributed by atoms with van der Waals surface area (Å²) < 4.78 is 10.6. The Balaban J connectivity index is 1.83. The van der Waals surface area contributed by atoms with E-state index in [1.54, 1.807) is 13.0 Å². The summed E-state index contributed by atoms with van der Waals surface area (Å²) in [6.45, 7) is 5.87. The number of amides is 1. The summed E-state index contributed by atoms with van der Waals surface area (Å²) in [5, 5.41) is 6.69. The van der Waals surface area contributed by atoms with E-state index in [1.165, 1.54) is 0 Å². The van der Waals surface area contributed by atoms with Gasteiger partial charge in [-0.25, -0.2) is 0 Å². The molecule has 1 amide bonds. The van der Waals surface area contributed by atoms with Crippen LogP contribution in [0.2, 0.25) is 0 Å². The van der Waals surface area contributed by atoms with Crippen molar-refractivity contribution in [2.24, 2.45) is 0 Å². The summed E-state index contributed by atoms with van der Waals surface area (Å²) in [6.07, 6.45) is 0.108. The van der Waals surface area contributed by atoms with Gasteiger partial charge in [-0.3, -0.25) is 9.69 Å². The zero-order valence-corrected chi connectivity index (χ0v) is 13.4. The van der Waals surface area contributed by atoms with Crippen LogP contribution in [0.3, 0.4) is 0 Å². The zero-order valence-electron chi connectivity index (χ0n) is 13.4. The molecule has 0 unspecified atom stereocenters. The van der Waals surface area contributed by atoms with Crippen LogP contribution >= 0.6 is 0 Å². The number of morpholine rings is 1. The van der Waals surface area contributed by atoms with Gasteiger partial charge in [0.25, 0.3) is 0 Å². The number of nitrogens with zero attached hydrogens (tertiary/aromatic N) is 2. The smallest absolute Gasteiger partial charge is 0.247 e. The maximum Gasteiger partial charge on any atom is 0.247 e. The van der Waals surface area contributed by atoms with Gasteiger partial charge in [0.05, 0.1) is 12.7 Å². The van der Waals surface area contributed by atoms with Crippen molar-refractivity contribution < 1.29 is 14.1 Å². The summed E-state index contributed by atoms with van der Waals surface area (Å²) >= 11 is 0. The van der Waals surface area contributed by atoms with E-state index >= 15 is 0 Å². The normalized spacial score (nSPS) is 20.2. The summed E-state index contributed by atoms with van der Waals surface area (Å²) in [7, 11) is 0. The fourth-order valence-corrected chi connectivity index (χ4v) is 2.86. The number of hydrogen-bond donors (Lipinski definition) is 1. The molecule has 2 aromatic rings. The van der Waals surface area contributed by atoms with Gasteiger partial charge < -0.3 is 14.6 Å². The first-order chi connectivity index (χ1) is 11.1. The first-order valence-corrected chi connectivity index (χ1v) is 7.78. The monoisotopic (exact) mass is 315 g/mol. The van der Waals surface area contributed by atoms with E-state index < -0.39 is 0 Å². The maximum atomic E-state index is 12.9. The molecule has 6 heteroatoms. The third kappa shape index (κ3) is 3.78. The highest BCUT2D eigenvalue weighted by Crippen LogP contribution is 2.25. The molecule has 0 saturated carbocycles. The lowest BCUT2D eigenvalue weighted by Gasteiger charge is -2.36. The van der Waals surface area contributed by atoms with Crippen molar-refractivity contribution in [1.29, 1.82) is 0 Å². The van der Waals surface area contributed by atoms with Crippen molar-refractivity contribution in [2.45, 2.75) is 26.0 Å². The number of nitrogens with one attached hydrogen (secondary N) is 1. The lowest BCUT2D eigenvalue weighted by molar-refractivity contribution is -0.124. The van der Waals surface area contributed by atoms with Crippen molar-refractivity contribution >= 4 is 11.7 Å².